The van der Waals surface area contributed by atoms with E-state index < -0.39 is 17.9 Å². The van der Waals surface area contributed by atoms with Crippen LogP contribution in [0.2, 0.25) is 0 Å². The lowest BCUT2D eigenvalue weighted by molar-refractivity contribution is -0.158. The van der Waals surface area contributed by atoms with Gasteiger partial charge in [0.25, 0.3) is 0 Å². The number of nitrogens with zero attached hydrogens (tertiary/aromatic N) is 2. The zero-order valence-electron chi connectivity index (χ0n) is 21.3. The van der Waals surface area contributed by atoms with Gasteiger partial charge in [0, 0.05) is 47.3 Å². The van der Waals surface area contributed by atoms with E-state index in [0.29, 0.717) is 24.4 Å². The highest BCUT2D eigenvalue weighted by atomic mass is 32.2. The monoisotopic (exact) mass is 522 g/mol. The fourth-order valence-electron chi connectivity index (χ4n) is 6.15. The number of aliphatic carboxylic acids is 1. The Labute approximate surface area is 215 Å². The molecule has 12 heteroatoms. The van der Waals surface area contributed by atoms with Gasteiger partial charge < -0.3 is 36.6 Å². The Morgan fingerprint density at radius 3 is 2.64 bits per heavy atom. The molecular weight excluding hydrogens is 484 g/mol. The molecule has 0 spiro atoms. The van der Waals surface area contributed by atoms with Crippen LogP contribution < -0.4 is 21.7 Å². The number of likely N-dealkylation sites (tertiary alicyclic amines) is 1. The van der Waals surface area contributed by atoms with Crippen molar-refractivity contribution in [3.05, 3.63) is 10.6 Å². The fraction of sp³-hybridized carbons (Fsp3) is 0.750. The molecule has 200 valence electrons. The van der Waals surface area contributed by atoms with E-state index in [2.05, 4.69) is 16.0 Å². The average molecular weight is 523 g/mol. The maximum Gasteiger partial charge on any atom is 0.353 e. The Balaban J connectivity index is 1.42. The summed E-state index contributed by atoms with van der Waals surface area (Å²) in [6.07, 6.45) is 2.19. The Hall–Kier alpha value is -2.15. The first-order chi connectivity index (χ1) is 17.0. The van der Waals surface area contributed by atoms with E-state index in [0.717, 1.165) is 12.8 Å². The molecule has 3 saturated heterocycles. The number of amides is 3. The van der Waals surface area contributed by atoms with Crippen LogP contribution in [0.1, 0.15) is 40.0 Å². The highest BCUT2D eigenvalue weighted by Crippen LogP contribution is 2.51. The van der Waals surface area contributed by atoms with Gasteiger partial charge in [0.05, 0.1) is 24.5 Å². The van der Waals surface area contributed by atoms with E-state index in [1.807, 2.05) is 18.7 Å². The summed E-state index contributed by atoms with van der Waals surface area (Å²) < 4.78 is 0. The Morgan fingerprint density at radius 1 is 1.28 bits per heavy atom. The Kier molecular flexibility index (Phi) is 7.98. The van der Waals surface area contributed by atoms with Crippen molar-refractivity contribution in [1.82, 2.24) is 25.8 Å². The molecule has 3 fully saturated rings. The molecular formula is C24H38N6O5S. The highest BCUT2D eigenvalue weighted by Gasteiger charge is 2.60. The minimum atomic E-state index is -1.12. The first-order valence-corrected chi connectivity index (χ1v) is 13.6. The number of carboxylic acid groups (broad SMARTS) is 1. The van der Waals surface area contributed by atoms with Crippen LogP contribution in [0, 0.1) is 11.8 Å². The summed E-state index contributed by atoms with van der Waals surface area (Å²) >= 11 is 1.47. The van der Waals surface area contributed by atoms with Gasteiger partial charge in [0.2, 0.25) is 17.7 Å². The van der Waals surface area contributed by atoms with Crippen molar-refractivity contribution in [2.75, 3.05) is 26.7 Å². The van der Waals surface area contributed by atoms with Gasteiger partial charge in [-0.1, -0.05) is 6.92 Å². The van der Waals surface area contributed by atoms with Gasteiger partial charge in [-0.05, 0) is 40.2 Å². The second-order valence-corrected chi connectivity index (χ2v) is 11.9. The molecule has 0 aliphatic carbocycles. The molecule has 4 rings (SSSR count). The first-order valence-electron chi connectivity index (χ1n) is 12.8. The van der Waals surface area contributed by atoms with Crippen molar-refractivity contribution >= 4 is 35.5 Å². The molecule has 3 amide bonds. The van der Waals surface area contributed by atoms with Crippen LogP contribution in [0.5, 0.6) is 0 Å². The highest BCUT2D eigenvalue weighted by molar-refractivity contribution is 8.03. The molecule has 0 aromatic carbocycles. The Morgan fingerprint density at radius 2 is 2.00 bits per heavy atom. The molecule has 11 nitrogen and oxygen atoms in total. The lowest BCUT2D eigenvalue weighted by Crippen LogP contribution is -2.66. The van der Waals surface area contributed by atoms with Gasteiger partial charge in [-0.15, -0.1) is 11.8 Å². The summed E-state index contributed by atoms with van der Waals surface area (Å²) in [5, 5.41) is 19.0. The number of β-lactam (4-membered cyclic amide) rings is 1. The second-order valence-electron chi connectivity index (χ2n) is 10.5. The number of nitrogens with two attached hydrogens (primary N) is 1. The lowest BCUT2D eigenvalue weighted by Gasteiger charge is -2.47. The van der Waals surface area contributed by atoms with E-state index in [1.165, 1.54) is 16.7 Å². The zero-order chi connectivity index (χ0) is 26.3. The summed E-state index contributed by atoms with van der Waals surface area (Å²) in [7, 11) is 1.67. The van der Waals surface area contributed by atoms with Crippen molar-refractivity contribution in [3.8, 4) is 0 Å². The number of hydrogen-bond acceptors (Lipinski definition) is 8. The number of likely N-dealkylation sites (N-methyl/N-ethyl adjacent to an activating group) is 1. The third kappa shape index (κ3) is 4.88. The molecule has 0 aromatic heterocycles. The molecule has 4 heterocycles. The maximum absolute atomic E-state index is 13.2. The summed E-state index contributed by atoms with van der Waals surface area (Å²) in [6, 6.07) is -0.783. The van der Waals surface area contributed by atoms with Crippen molar-refractivity contribution in [2.24, 2.45) is 17.6 Å². The molecule has 0 radical (unpaired) electrons. The second kappa shape index (κ2) is 10.7. The van der Waals surface area contributed by atoms with Crippen molar-refractivity contribution in [2.45, 2.75) is 75.5 Å². The van der Waals surface area contributed by atoms with Crippen molar-refractivity contribution in [3.63, 3.8) is 0 Å². The summed E-state index contributed by atoms with van der Waals surface area (Å²) in [5.74, 6) is -2.17. The van der Waals surface area contributed by atoms with Crippen LogP contribution >= 0.6 is 11.8 Å². The van der Waals surface area contributed by atoms with Gasteiger partial charge in [0.15, 0.2) is 0 Å². The van der Waals surface area contributed by atoms with Gasteiger partial charge in [-0.2, -0.15) is 0 Å². The van der Waals surface area contributed by atoms with E-state index in [9.17, 15) is 24.3 Å². The van der Waals surface area contributed by atoms with Crippen LogP contribution in [-0.2, 0) is 19.2 Å². The minimum absolute atomic E-state index is 0.0214. The number of fused-ring (bicyclic) bond motifs is 1. The normalized spacial score (nSPS) is 34.9. The van der Waals surface area contributed by atoms with E-state index in [4.69, 9.17) is 5.73 Å². The fourth-order valence-corrected chi connectivity index (χ4v) is 7.63. The van der Waals surface area contributed by atoms with Gasteiger partial charge in [-0.25, -0.2) is 4.79 Å². The third-order valence-corrected chi connectivity index (χ3v) is 9.45. The number of carbonyl (C=O) groups excluding carboxylic acids is 3. The number of nitrogens with one attached hydrogen (secondary N) is 3. The summed E-state index contributed by atoms with van der Waals surface area (Å²) in [5.41, 5.74) is 6.09. The zero-order valence-corrected chi connectivity index (χ0v) is 22.1. The van der Waals surface area contributed by atoms with Gasteiger partial charge in [0.1, 0.15) is 5.70 Å². The molecule has 0 bridgehead atoms. The number of piperidine rings is 1. The van der Waals surface area contributed by atoms with Crippen LogP contribution in [0.25, 0.3) is 0 Å². The third-order valence-electron chi connectivity index (χ3n) is 7.94. The smallest absolute Gasteiger partial charge is 0.353 e. The summed E-state index contributed by atoms with van der Waals surface area (Å²) in [4.78, 5) is 54.4. The number of thioether (sulfide) groups is 1. The first kappa shape index (κ1) is 26.9. The van der Waals surface area contributed by atoms with Crippen LogP contribution in [0.4, 0.5) is 0 Å². The van der Waals surface area contributed by atoms with Crippen LogP contribution in [0.15, 0.2) is 10.6 Å². The molecule has 4 aliphatic rings. The molecule has 4 aliphatic heterocycles. The predicted molar refractivity (Wildman–Crippen MR) is 136 cm³/mol. The van der Waals surface area contributed by atoms with Crippen LogP contribution in [0.3, 0.4) is 0 Å². The van der Waals surface area contributed by atoms with E-state index >= 15 is 0 Å². The van der Waals surface area contributed by atoms with Crippen LogP contribution in [-0.4, -0.2) is 101 Å². The topological polar surface area (TPSA) is 157 Å². The van der Waals surface area contributed by atoms with E-state index in [1.54, 1.807) is 14.0 Å². The molecule has 8 atom stereocenters. The lowest BCUT2D eigenvalue weighted by atomic mass is 9.78. The van der Waals surface area contributed by atoms with E-state index in [-0.39, 0.29) is 65.3 Å². The SMILES string of the molecule is CNCC(=O)NC(C)[C@H]1C(=O)N2C(C(=O)O)=C(S[C@@H]3CN[C@H](C(=O)N4CC[C@H](N)C[C@@H]4C)C3)[C@H](C)[C@H]12. The maximum atomic E-state index is 13.2. The van der Waals surface area contributed by atoms with Gasteiger partial charge >= 0.3 is 5.97 Å². The van der Waals surface area contributed by atoms with Crippen molar-refractivity contribution in [1.29, 1.82) is 0 Å². The molecule has 36 heavy (non-hydrogen) atoms. The molecule has 0 aromatic rings. The number of carboxylic acids is 1. The molecule has 6 N–H and O–H groups in total. The standard InChI is InChI=1S/C24H38N6O5S/c1-11-7-14(25)5-6-29(11)22(32)16-8-15(9-27-16)36-21-12(2)19-18(13(3)28-17(31)10-26-4)23(33)30(19)20(21)24(34)35/h11-16,18-19,26-27H,5-10,25H2,1-4H3,(H,28,31)(H,34,35)/t11-,12+,13?,14-,15-,16-,18+,19+/m0/s1. The summed E-state index contributed by atoms with van der Waals surface area (Å²) in [6.45, 7) is 7.16. The van der Waals surface area contributed by atoms with Crippen molar-refractivity contribution < 1.29 is 24.3 Å². The predicted octanol–water partition coefficient (Wildman–Crippen LogP) is -0.715. The minimum Gasteiger partial charge on any atom is -0.477 e. The largest absolute Gasteiger partial charge is 0.477 e. The average Bonchev–Trinajstić information content (AvgIpc) is 3.35. The number of carbonyl (C=O) groups is 4. The number of rotatable bonds is 8. The Bertz CT molecular complexity index is 959. The van der Waals surface area contributed by atoms with Gasteiger partial charge in [-0.3, -0.25) is 14.4 Å². The molecule has 0 saturated carbocycles. The molecule has 1 unspecified atom stereocenters. The number of hydrogen-bond donors (Lipinski definition) is 5. The quantitative estimate of drug-likeness (QED) is 0.260.